The summed E-state index contributed by atoms with van der Waals surface area (Å²) in [6, 6.07) is 10.5. The number of carbonyl (C=O) groups excluding carboxylic acids is 1. The number of anilines is 1. The Kier molecular flexibility index (Phi) is 4.83. The van der Waals surface area contributed by atoms with Crippen molar-refractivity contribution >= 4 is 11.7 Å². The largest absolute Gasteiger partial charge is 0.381 e. The van der Waals surface area contributed by atoms with Crippen molar-refractivity contribution in [3.05, 3.63) is 47.2 Å². The number of hydrogen-bond donors (Lipinski definition) is 2. The van der Waals surface area contributed by atoms with Crippen LogP contribution >= 0.6 is 0 Å². The van der Waals surface area contributed by atoms with Crippen LogP contribution in [0.4, 0.5) is 5.82 Å². The Morgan fingerprint density at radius 3 is 2.84 bits per heavy atom. The van der Waals surface area contributed by atoms with Gasteiger partial charge in [0, 0.05) is 37.3 Å². The molecule has 1 amide bonds. The van der Waals surface area contributed by atoms with E-state index in [1.807, 2.05) is 6.07 Å². The Balaban J connectivity index is 1.31. The van der Waals surface area contributed by atoms with E-state index in [0.717, 1.165) is 51.0 Å². The van der Waals surface area contributed by atoms with Gasteiger partial charge in [0.1, 0.15) is 0 Å². The predicted octanol–water partition coefficient (Wildman–Crippen LogP) is 3.44. The van der Waals surface area contributed by atoms with Gasteiger partial charge < -0.3 is 10.1 Å². The zero-order chi connectivity index (χ0) is 17.1. The molecule has 1 aliphatic heterocycles. The van der Waals surface area contributed by atoms with Crippen molar-refractivity contribution < 1.29 is 9.53 Å². The SMILES string of the molecule is O=C(CC1CCc2ccccc2C1)Nc1cc(C2CCOCC2)[nH]n1. The number of nitrogens with zero attached hydrogens (tertiary/aromatic N) is 1. The Labute approximate surface area is 148 Å². The minimum Gasteiger partial charge on any atom is -0.381 e. The average Bonchev–Trinajstić information content (AvgIpc) is 3.10. The normalized spacial score (nSPS) is 20.9. The average molecular weight is 339 g/mol. The zero-order valence-corrected chi connectivity index (χ0v) is 14.5. The molecule has 2 aliphatic rings. The van der Waals surface area contributed by atoms with E-state index in [4.69, 9.17) is 4.74 Å². The molecule has 1 saturated heterocycles. The fourth-order valence-electron chi connectivity index (χ4n) is 4.02. The summed E-state index contributed by atoms with van der Waals surface area (Å²) >= 11 is 0. The molecular formula is C20H25N3O2. The lowest BCUT2D eigenvalue weighted by Crippen LogP contribution is -2.21. The van der Waals surface area contributed by atoms with Gasteiger partial charge in [0.05, 0.1) is 0 Å². The van der Waals surface area contributed by atoms with Crippen LogP contribution in [0.1, 0.15) is 48.4 Å². The molecule has 2 N–H and O–H groups in total. The molecule has 1 aromatic heterocycles. The number of amides is 1. The number of aromatic amines is 1. The van der Waals surface area contributed by atoms with E-state index in [1.54, 1.807) is 0 Å². The first kappa shape index (κ1) is 16.3. The summed E-state index contributed by atoms with van der Waals surface area (Å²) in [7, 11) is 0. The first-order valence-electron chi connectivity index (χ1n) is 9.27. The third kappa shape index (κ3) is 3.93. The number of H-pyrrole nitrogens is 1. The van der Waals surface area contributed by atoms with E-state index in [-0.39, 0.29) is 5.91 Å². The van der Waals surface area contributed by atoms with Gasteiger partial charge in [0.2, 0.25) is 5.91 Å². The number of nitrogens with one attached hydrogen (secondary N) is 2. The number of carbonyl (C=O) groups is 1. The summed E-state index contributed by atoms with van der Waals surface area (Å²) in [6.45, 7) is 1.60. The zero-order valence-electron chi connectivity index (χ0n) is 14.5. The number of hydrogen-bond acceptors (Lipinski definition) is 3. The maximum absolute atomic E-state index is 12.4. The fourth-order valence-corrected chi connectivity index (χ4v) is 4.02. The topological polar surface area (TPSA) is 67.0 Å². The van der Waals surface area contributed by atoms with Gasteiger partial charge in [0.15, 0.2) is 5.82 Å². The second-order valence-electron chi connectivity index (χ2n) is 7.23. The highest BCUT2D eigenvalue weighted by Crippen LogP contribution is 2.29. The highest BCUT2D eigenvalue weighted by molar-refractivity contribution is 5.90. The second kappa shape index (κ2) is 7.40. The molecule has 1 fully saturated rings. The van der Waals surface area contributed by atoms with E-state index in [0.29, 0.717) is 24.1 Å². The molecule has 1 aliphatic carbocycles. The molecular weight excluding hydrogens is 314 g/mol. The summed E-state index contributed by atoms with van der Waals surface area (Å²) in [5, 5.41) is 10.3. The van der Waals surface area contributed by atoms with E-state index in [2.05, 4.69) is 39.8 Å². The minimum absolute atomic E-state index is 0.0643. The van der Waals surface area contributed by atoms with E-state index in [9.17, 15) is 4.79 Å². The molecule has 1 atom stereocenters. The molecule has 2 aromatic rings. The van der Waals surface area contributed by atoms with Gasteiger partial charge in [-0.15, -0.1) is 0 Å². The highest BCUT2D eigenvalue weighted by atomic mass is 16.5. The fraction of sp³-hybridized carbons (Fsp3) is 0.500. The first-order valence-corrected chi connectivity index (χ1v) is 9.27. The molecule has 1 aromatic carbocycles. The van der Waals surface area contributed by atoms with Gasteiger partial charge in [-0.25, -0.2) is 0 Å². The summed E-state index contributed by atoms with van der Waals surface area (Å²) in [5.41, 5.74) is 3.94. The number of ether oxygens (including phenoxy) is 1. The van der Waals surface area contributed by atoms with Gasteiger partial charge in [-0.1, -0.05) is 24.3 Å². The van der Waals surface area contributed by atoms with Crippen molar-refractivity contribution in [1.29, 1.82) is 0 Å². The number of rotatable bonds is 4. The van der Waals surface area contributed by atoms with Crippen LogP contribution in [0.15, 0.2) is 30.3 Å². The molecule has 2 heterocycles. The van der Waals surface area contributed by atoms with Crippen molar-refractivity contribution in [2.24, 2.45) is 5.92 Å². The monoisotopic (exact) mass is 339 g/mol. The van der Waals surface area contributed by atoms with Crippen LogP contribution in [-0.2, 0) is 22.4 Å². The molecule has 0 bridgehead atoms. The molecule has 0 saturated carbocycles. The lowest BCUT2D eigenvalue weighted by molar-refractivity contribution is -0.117. The molecule has 132 valence electrons. The van der Waals surface area contributed by atoms with Crippen molar-refractivity contribution in [3.63, 3.8) is 0 Å². The Hall–Kier alpha value is -2.14. The van der Waals surface area contributed by atoms with E-state index < -0.39 is 0 Å². The molecule has 5 nitrogen and oxygen atoms in total. The van der Waals surface area contributed by atoms with Crippen LogP contribution in [0.25, 0.3) is 0 Å². The Bertz CT molecular complexity index is 734. The predicted molar refractivity (Wildman–Crippen MR) is 96.6 cm³/mol. The molecule has 1 unspecified atom stereocenters. The lowest BCUT2D eigenvalue weighted by Gasteiger charge is -2.23. The van der Waals surface area contributed by atoms with Crippen LogP contribution in [0, 0.1) is 5.92 Å². The van der Waals surface area contributed by atoms with Crippen LogP contribution < -0.4 is 5.32 Å². The van der Waals surface area contributed by atoms with Crippen LogP contribution in [0.3, 0.4) is 0 Å². The number of benzene rings is 1. The van der Waals surface area contributed by atoms with Gasteiger partial charge in [0.25, 0.3) is 0 Å². The van der Waals surface area contributed by atoms with Crippen LogP contribution in [-0.4, -0.2) is 29.3 Å². The minimum atomic E-state index is 0.0643. The Morgan fingerprint density at radius 2 is 2.00 bits per heavy atom. The molecule has 0 radical (unpaired) electrons. The maximum Gasteiger partial charge on any atom is 0.225 e. The smallest absolute Gasteiger partial charge is 0.225 e. The van der Waals surface area contributed by atoms with E-state index >= 15 is 0 Å². The standard InChI is InChI=1S/C20H25N3O2/c24-20(12-14-5-6-15-3-1-2-4-17(15)11-14)21-19-13-18(22-23-19)16-7-9-25-10-8-16/h1-4,13-14,16H,5-12H2,(H2,21,22,23,24). The molecule has 0 spiro atoms. The van der Waals surface area contributed by atoms with Crippen molar-refractivity contribution in [1.82, 2.24) is 10.2 Å². The highest BCUT2D eigenvalue weighted by Gasteiger charge is 2.22. The van der Waals surface area contributed by atoms with Gasteiger partial charge in [-0.05, 0) is 49.1 Å². The van der Waals surface area contributed by atoms with Crippen molar-refractivity contribution in [3.8, 4) is 0 Å². The van der Waals surface area contributed by atoms with Gasteiger partial charge in [-0.3, -0.25) is 9.89 Å². The molecule has 25 heavy (non-hydrogen) atoms. The number of fused-ring (bicyclic) bond motifs is 1. The van der Waals surface area contributed by atoms with E-state index in [1.165, 1.54) is 11.1 Å². The first-order chi connectivity index (χ1) is 12.3. The van der Waals surface area contributed by atoms with Crippen molar-refractivity contribution in [2.45, 2.75) is 44.4 Å². The number of aryl methyl sites for hydroxylation is 1. The molecule has 5 heteroatoms. The summed E-state index contributed by atoms with van der Waals surface area (Å²) in [4.78, 5) is 12.4. The van der Waals surface area contributed by atoms with Gasteiger partial charge >= 0.3 is 0 Å². The third-order valence-electron chi connectivity index (χ3n) is 5.45. The quantitative estimate of drug-likeness (QED) is 0.897. The van der Waals surface area contributed by atoms with Crippen LogP contribution in [0.2, 0.25) is 0 Å². The third-order valence-corrected chi connectivity index (χ3v) is 5.45. The van der Waals surface area contributed by atoms with Crippen LogP contribution in [0.5, 0.6) is 0 Å². The van der Waals surface area contributed by atoms with Crippen molar-refractivity contribution in [2.75, 3.05) is 18.5 Å². The molecule has 4 rings (SSSR count). The second-order valence-corrected chi connectivity index (χ2v) is 7.23. The lowest BCUT2D eigenvalue weighted by atomic mass is 9.82. The maximum atomic E-state index is 12.4. The Morgan fingerprint density at radius 1 is 1.20 bits per heavy atom. The summed E-state index contributed by atoms with van der Waals surface area (Å²) in [6.07, 6.45) is 5.74. The number of aromatic nitrogens is 2. The summed E-state index contributed by atoms with van der Waals surface area (Å²) < 4.78 is 5.40. The van der Waals surface area contributed by atoms with Gasteiger partial charge in [-0.2, -0.15) is 5.10 Å². The summed E-state index contributed by atoms with van der Waals surface area (Å²) in [5.74, 6) is 1.59.